The number of nitrogens with zero attached hydrogens (tertiary/aromatic N) is 2. The zero-order chi connectivity index (χ0) is 17.4. The van der Waals surface area contributed by atoms with E-state index in [1.807, 2.05) is 69.9 Å². The summed E-state index contributed by atoms with van der Waals surface area (Å²) in [4.78, 5) is 28.3. The predicted octanol–water partition coefficient (Wildman–Crippen LogP) is 2.27. The first-order valence-corrected chi connectivity index (χ1v) is 8.24. The number of hydrogen-bond acceptors (Lipinski definition) is 3. The van der Waals surface area contributed by atoms with Gasteiger partial charge in [0.2, 0.25) is 11.8 Å². The fourth-order valence-corrected chi connectivity index (χ4v) is 2.44. The lowest BCUT2D eigenvalue weighted by molar-refractivity contribution is -0.124. The Morgan fingerprint density at radius 2 is 1.65 bits per heavy atom. The second-order valence-electron chi connectivity index (χ2n) is 6.22. The average Bonchev–Trinajstić information content (AvgIpc) is 2.46. The fourth-order valence-electron chi connectivity index (χ4n) is 2.44. The highest BCUT2D eigenvalue weighted by atomic mass is 16.2. The van der Waals surface area contributed by atoms with E-state index in [0.29, 0.717) is 6.54 Å². The summed E-state index contributed by atoms with van der Waals surface area (Å²) in [5, 5.41) is 2.86. The largest absolute Gasteiger partial charge is 0.353 e. The number of likely N-dealkylation sites (N-methyl/N-ethyl adjacent to an activating group) is 1. The lowest BCUT2D eigenvalue weighted by Gasteiger charge is -2.29. The molecule has 1 rings (SSSR count). The highest BCUT2D eigenvalue weighted by Crippen LogP contribution is 2.17. The Bertz CT molecular complexity index is 500. The molecule has 5 nitrogen and oxygen atoms in total. The smallest absolute Gasteiger partial charge is 0.241 e. The number of benzene rings is 1. The minimum absolute atomic E-state index is 0.00500. The first kappa shape index (κ1) is 19.2. The van der Waals surface area contributed by atoms with Crippen molar-refractivity contribution >= 4 is 17.5 Å². The number of nitrogens with one attached hydrogen (secondary N) is 1. The van der Waals surface area contributed by atoms with Crippen LogP contribution in [0.5, 0.6) is 0 Å². The van der Waals surface area contributed by atoms with Crippen molar-refractivity contribution in [2.45, 2.75) is 46.7 Å². The van der Waals surface area contributed by atoms with Gasteiger partial charge in [0.15, 0.2) is 0 Å². The van der Waals surface area contributed by atoms with Crippen LogP contribution in [0.3, 0.4) is 0 Å². The van der Waals surface area contributed by atoms with E-state index in [0.717, 1.165) is 5.69 Å². The Kier molecular flexibility index (Phi) is 7.75. The first-order valence-electron chi connectivity index (χ1n) is 8.24. The van der Waals surface area contributed by atoms with Gasteiger partial charge >= 0.3 is 0 Å². The number of carbonyl (C=O) groups excluding carboxylic acids is 2. The van der Waals surface area contributed by atoms with Gasteiger partial charge in [-0.3, -0.25) is 14.5 Å². The van der Waals surface area contributed by atoms with Gasteiger partial charge in [-0.1, -0.05) is 25.1 Å². The van der Waals surface area contributed by atoms with E-state index in [9.17, 15) is 9.59 Å². The van der Waals surface area contributed by atoms with Crippen LogP contribution < -0.4 is 10.2 Å². The number of para-hydroxylation sites is 1. The molecule has 1 N–H and O–H groups in total. The molecule has 5 heteroatoms. The summed E-state index contributed by atoms with van der Waals surface area (Å²) in [7, 11) is 0. The summed E-state index contributed by atoms with van der Waals surface area (Å²) < 4.78 is 0. The molecule has 0 atom stereocenters. The summed E-state index contributed by atoms with van der Waals surface area (Å²) >= 11 is 0. The highest BCUT2D eigenvalue weighted by molar-refractivity contribution is 5.95. The van der Waals surface area contributed by atoms with Crippen LogP contribution in [-0.4, -0.2) is 48.4 Å². The van der Waals surface area contributed by atoms with Crippen molar-refractivity contribution in [3.63, 3.8) is 0 Å². The molecule has 0 spiro atoms. The molecule has 0 aromatic heterocycles. The monoisotopic (exact) mass is 319 g/mol. The molecule has 0 heterocycles. The second kappa shape index (κ2) is 9.30. The van der Waals surface area contributed by atoms with Gasteiger partial charge in [0.25, 0.3) is 0 Å². The molecule has 0 unspecified atom stereocenters. The Balaban J connectivity index is 2.75. The maximum Gasteiger partial charge on any atom is 0.241 e. The molecule has 0 aliphatic heterocycles. The van der Waals surface area contributed by atoms with Crippen molar-refractivity contribution in [3.8, 4) is 0 Å². The summed E-state index contributed by atoms with van der Waals surface area (Å²) in [6, 6.07) is 9.80. The molecule has 0 saturated heterocycles. The molecular weight excluding hydrogens is 290 g/mol. The molecule has 0 aliphatic carbocycles. The molecule has 0 saturated carbocycles. The molecule has 128 valence electrons. The molecule has 0 bridgehead atoms. The molecule has 0 radical (unpaired) electrons. The Morgan fingerprint density at radius 1 is 1.04 bits per heavy atom. The standard InChI is InChI=1S/C18H29N3O2/c1-6-20(12-17(22)19-14(2)3)13-18(23)21(15(4)5)16-10-8-7-9-11-16/h7-11,14-15H,6,12-13H2,1-5H3,(H,19,22). The number of carbonyl (C=O) groups is 2. The number of anilines is 1. The minimum atomic E-state index is -0.0505. The molecule has 2 amide bonds. The third kappa shape index (κ3) is 6.40. The van der Waals surface area contributed by atoms with Crippen LogP contribution in [0, 0.1) is 0 Å². The van der Waals surface area contributed by atoms with Crippen LogP contribution in [0.2, 0.25) is 0 Å². The van der Waals surface area contributed by atoms with Gasteiger partial charge in [0.05, 0.1) is 13.1 Å². The van der Waals surface area contributed by atoms with Crippen LogP contribution >= 0.6 is 0 Å². The van der Waals surface area contributed by atoms with Crippen molar-refractivity contribution in [3.05, 3.63) is 30.3 Å². The number of rotatable bonds is 8. The number of hydrogen-bond donors (Lipinski definition) is 1. The third-order valence-corrected chi connectivity index (χ3v) is 3.44. The molecular formula is C18H29N3O2. The van der Waals surface area contributed by atoms with E-state index < -0.39 is 0 Å². The van der Waals surface area contributed by atoms with Crippen molar-refractivity contribution in [2.75, 3.05) is 24.5 Å². The van der Waals surface area contributed by atoms with E-state index in [1.165, 1.54) is 0 Å². The van der Waals surface area contributed by atoms with Gasteiger partial charge in [-0.25, -0.2) is 0 Å². The van der Waals surface area contributed by atoms with E-state index in [-0.39, 0.29) is 37.0 Å². The van der Waals surface area contributed by atoms with Crippen molar-refractivity contribution in [1.82, 2.24) is 10.2 Å². The maximum atomic E-state index is 12.7. The van der Waals surface area contributed by atoms with Gasteiger partial charge in [0, 0.05) is 17.8 Å². The quantitative estimate of drug-likeness (QED) is 0.800. The van der Waals surface area contributed by atoms with Crippen LogP contribution in [0.25, 0.3) is 0 Å². The van der Waals surface area contributed by atoms with Crippen molar-refractivity contribution in [2.24, 2.45) is 0 Å². The lowest BCUT2D eigenvalue weighted by atomic mass is 10.2. The maximum absolute atomic E-state index is 12.7. The third-order valence-electron chi connectivity index (χ3n) is 3.44. The summed E-state index contributed by atoms with van der Waals surface area (Å²) in [6.07, 6.45) is 0. The van der Waals surface area contributed by atoms with Crippen LogP contribution in [0.4, 0.5) is 5.69 Å². The van der Waals surface area contributed by atoms with Gasteiger partial charge in [-0.15, -0.1) is 0 Å². The van der Waals surface area contributed by atoms with Gasteiger partial charge in [0.1, 0.15) is 0 Å². The van der Waals surface area contributed by atoms with Crippen molar-refractivity contribution in [1.29, 1.82) is 0 Å². The lowest BCUT2D eigenvalue weighted by Crippen LogP contribution is -2.47. The Hall–Kier alpha value is -1.88. The molecule has 0 fully saturated rings. The zero-order valence-electron chi connectivity index (χ0n) is 14.9. The normalized spacial score (nSPS) is 11.1. The molecule has 23 heavy (non-hydrogen) atoms. The number of amides is 2. The first-order chi connectivity index (χ1) is 10.8. The van der Waals surface area contributed by atoms with E-state index >= 15 is 0 Å². The molecule has 1 aromatic rings. The Morgan fingerprint density at radius 3 is 2.13 bits per heavy atom. The second-order valence-corrected chi connectivity index (χ2v) is 6.22. The van der Waals surface area contributed by atoms with Crippen LogP contribution in [-0.2, 0) is 9.59 Å². The SMILES string of the molecule is CCN(CC(=O)NC(C)C)CC(=O)N(c1ccccc1)C(C)C. The van der Waals surface area contributed by atoms with E-state index in [2.05, 4.69) is 5.32 Å². The topological polar surface area (TPSA) is 52.7 Å². The van der Waals surface area contributed by atoms with Gasteiger partial charge in [-0.05, 0) is 46.4 Å². The average molecular weight is 319 g/mol. The summed E-state index contributed by atoms with van der Waals surface area (Å²) in [6.45, 7) is 10.9. The van der Waals surface area contributed by atoms with Crippen LogP contribution in [0.1, 0.15) is 34.6 Å². The van der Waals surface area contributed by atoms with E-state index in [1.54, 1.807) is 4.90 Å². The minimum Gasteiger partial charge on any atom is -0.353 e. The zero-order valence-corrected chi connectivity index (χ0v) is 14.9. The summed E-state index contributed by atoms with van der Waals surface area (Å²) in [5.74, 6) is -0.0455. The van der Waals surface area contributed by atoms with Crippen molar-refractivity contribution < 1.29 is 9.59 Å². The highest BCUT2D eigenvalue weighted by Gasteiger charge is 2.22. The molecule has 0 aliphatic rings. The fraction of sp³-hybridized carbons (Fsp3) is 0.556. The molecule has 1 aromatic carbocycles. The van der Waals surface area contributed by atoms with Gasteiger partial charge in [-0.2, -0.15) is 0 Å². The van der Waals surface area contributed by atoms with Crippen LogP contribution in [0.15, 0.2) is 30.3 Å². The predicted molar refractivity (Wildman–Crippen MR) is 94.5 cm³/mol. The summed E-state index contributed by atoms with van der Waals surface area (Å²) in [5.41, 5.74) is 0.884. The Labute approximate surface area is 139 Å². The van der Waals surface area contributed by atoms with Gasteiger partial charge < -0.3 is 10.2 Å². The van der Waals surface area contributed by atoms with E-state index in [4.69, 9.17) is 0 Å².